The molecule has 2 atom stereocenters. The number of hydrogen-bond donors (Lipinski definition) is 1. The highest BCUT2D eigenvalue weighted by molar-refractivity contribution is 7.90. The minimum atomic E-state index is -4.18. The van der Waals surface area contributed by atoms with Crippen LogP contribution in [0.25, 0.3) is 22.3 Å². The third-order valence-electron chi connectivity index (χ3n) is 7.14. The molecule has 12 heteroatoms. The van der Waals surface area contributed by atoms with E-state index in [1.807, 2.05) is 11.8 Å². The van der Waals surface area contributed by atoms with E-state index in [4.69, 9.17) is 0 Å². The largest absolute Gasteiger partial charge is 0.465 e. The number of anilines is 1. The third kappa shape index (κ3) is 3.70. The Hall–Kier alpha value is -4.06. The van der Waals surface area contributed by atoms with E-state index in [0.717, 1.165) is 28.6 Å². The van der Waals surface area contributed by atoms with Crippen molar-refractivity contribution in [1.82, 2.24) is 23.8 Å². The highest BCUT2D eigenvalue weighted by atomic mass is 32.2. The predicted octanol–water partition coefficient (Wildman–Crippen LogP) is 3.51. The molecule has 2 bridgehead atoms. The Labute approximate surface area is 212 Å². The van der Waals surface area contributed by atoms with E-state index in [9.17, 15) is 22.7 Å². The highest BCUT2D eigenvalue weighted by Gasteiger charge is 2.43. The molecule has 37 heavy (non-hydrogen) atoms. The van der Waals surface area contributed by atoms with E-state index in [2.05, 4.69) is 15.0 Å². The monoisotopic (exact) mass is 522 g/mol. The summed E-state index contributed by atoms with van der Waals surface area (Å²) in [6.45, 7) is 2.70. The molecule has 0 saturated carbocycles. The van der Waals surface area contributed by atoms with Gasteiger partial charge in [-0.05, 0) is 44.0 Å². The van der Waals surface area contributed by atoms with Gasteiger partial charge < -0.3 is 10.0 Å². The summed E-state index contributed by atoms with van der Waals surface area (Å²) in [7, 11) is -4.18. The van der Waals surface area contributed by atoms with Gasteiger partial charge in [0.2, 0.25) is 0 Å². The molecule has 2 fully saturated rings. The molecule has 0 radical (unpaired) electrons. The minimum Gasteiger partial charge on any atom is -0.465 e. The normalized spacial score (nSPS) is 19.5. The number of halogens is 1. The van der Waals surface area contributed by atoms with E-state index in [1.165, 1.54) is 35.6 Å². The molecular weight excluding hydrogens is 499 g/mol. The summed E-state index contributed by atoms with van der Waals surface area (Å²) in [5.74, 6) is -0.186. The molecule has 1 amide bonds. The molecule has 4 aromatic rings. The first-order valence-corrected chi connectivity index (χ1v) is 13.2. The molecule has 2 saturated heterocycles. The predicted molar refractivity (Wildman–Crippen MR) is 133 cm³/mol. The van der Waals surface area contributed by atoms with Crippen molar-refractivity contribution >= 4 is 33.0 Å². The molecule has 3 aromatic heterocycles. The van der Waals surface area contributed by atoms with Gasteiger partial charge in [-0.1, -0.05) is 17.7 Å². The molecule has 190 valence electrons. The van der Waals surface area contributed by atoms with Crippen LogP contribution in [0.2, 0.25) is 0 Å². The lowest BCUT2D eigenvalue weighted by molar-refractivity contribution is 0.114. The Morgan fingerprint density at radius 3 is 2.43 bits per heavy atom. The Kier molecular flexibility index (Phi) is 5.37. The number of amides is 1. The van der Waals surface area contributed by atoms with Gasteiger partial charge in [-0.2, -0.15) is 0 Å². The van der Waals surface area contributed by atoms with Gasteiger partial charge in [0.05, 0.1) is 34.3 Å². The van der Waals surface area contributed by atoms with Crippen molar-refractivity contribution in [3.8, 4) is 11.3 Å². The summed E-state index contributed by atoms with van der Waals surface area (Å²) in [4.78, 5) is 27.8. The van der Waals surface area contributed by atoms with Crippen molar-refractivity contribution < 1.29 is 22.7 Å². The summed E-state index contributed by atoms with van der Waals surface area (Å²) >= 11 is 0. The van der Waals surface area contributed by atoms with E-state index in [-0.39, 0.29) is 33.9 Å². The van der Waals surface area contributed by atoms with E-state index in [0.29, 0.717) is 24.3 Å². The van der Waals surface area contributed by atoms with E-state index < -0.39 is 21.9 Å². The van der Waals surface area contributed by atoms with Crippen LogP contribution in [0, 0.1) is 12.7 Å². The molecule has 2 aliphatic rings. The van der Waals surface area contributed by atoms with Crippen molar-refractivity contribution in [3.63, 3.8) is 0 Å². The molecule has 0 spiro atoms. The van der Waals surface area contributed by atoms with Crippen LogP contribution in [-0.2, 0) is 10.0 Å². The van der Waals surface area contributed by atoms with Crippen molar-refractivity contribution in [2.24, 2.45) is 0 Å². The number of piperazine rings is 1. The fourth-order valence-corrected chi connectivity index (χ4v) is 6.92. The zero-order valence-electron chi connectivity index (χ0n) is 19.8. The van der Waals surface area contributed by atoms with Crippen LogP contribution in [0.1, 0.15) is 18.4 Å². The van der Waals surface area contributed by atoms with E-state index >= 15 is 0 Å². The number of fused-ring (bicyclic) bond motifs is 3. The Bertz CT molecular complexity index is 1620. The van der Waals surface area contributed by atoms with Crippen LogP contribution in [0.5, 0.6) is 0 Å². The average Bonchev–Trinajstić information content (AvgIpc) is 3.40. The maximum Gasteiger partial charge on any atom is 0.407 e. The lowest BCUT2D eigenvalue weighted by atomic mass is 10.1. The van der Waals surface area contributed by atoms with Gasteiger partial charge in [0.25, 0.3) is 10.0 Å². The van der Waals surface area contributed by atoms with Crippen molar-refractivity contribution in [2.75, 3.05) is 18.0 Å². The topological polar surface area (TPSA) is 122 Å². The van der Waals surface area contributed by atoms with Crippen molar-refractivity contribution in [3.05, 3.63) is 66.5 Å². The van der Waals surface area contributed by atoms with Crippen molar-refractivity contribution in [2.45, 2.75) is 36.7 Å². The van der Waals surface area contributed by atoms with Gasteiger partial charge in [-0.3, -0.25) is 9.88 Å². The van der Waals surface area contributed by atoms with Gasteiger partial charge >= 0.3 is 6.09 Å². The number of aryl methyl sites for hydroxylation is 1. The van der Waals surface area contributed by atoms with Gasteiger partial charge in [0.1, 0.15) is 12.1 Å². The smallest absolute Gasteiger partial charge is 0.407 e. The van der Waals surface area contributed by atoms with Crippen LogP contribution >= 0.6 is 0 Å². The number of pyridine rings is 1. The minimum absolute atomic E-state index is 0.0413. The number of nitrogens with zero attached hydrogens (tertiary/aromatic N) is 6. The summed E-state index contributed by atoms with van der Waals surface area (Å²) in [5.41, 5.74) is 1.18. The third-order valence-corrected chi connectivity index (χ3v) is 8.86. The second-order valence-corrected chi connectivity index (χ2v) is 11.2. The van der Waals surface area contributed by atoms with Gasteiger partial charge in [0.15, 0.2) is 11.5 Å². The molecule has 1 N–H and O–H groups in total. The summed E-state index contributed by atoms with van der Waals surface area (Å²) in [5, 5.41) is 10.1. The summed E-state index contributed by atoms with van der Waals surface area (Å²) in [6, 6.07) is 9.05. The van der Waals surface area contributed by atoms with Crippen LogP contribution in [-0.4, -0.2) is 68.6 Å². The maximum absolute atomic E-state index is 14.9. The van der Waals surface area contributed by atoms with E-state index in [1.54, 1.807) is 18.2 Å². The zero-order chi connectivity index (χ0) is 25.9. The molecule has 5 heterocycles. The zero-order valence-corrected chi connectivity index (χ0v) is 20.6. The van der Waals surface area contributed by atoms with Crippen molar-refractivity contribution in [1.29, 1.82) is 0 Å². The molecule has 0 aliphatic carbocycles. The first-order chi connectivity index (χ1) is 17.8. The number of rotatable bonds is 4. The quantitative estimate of drug-likeness (QED) is 0.432. The maximum atomic E-state index is 14.9. The second kappa shape index (κ2) is 8.51. The van der Waals surface area contributed by atoms with Crippen LogP contribution < -0.4 is 4.90 Å². The van der Waals surface area contributed by atoms with Crippen LogP contribution in [0.3, 0.4) is 0 Å². The SMILES string of the molecule is Cc1ccc(S(=O)(=O)n2c(-c3ccncc3F)cc3c(N4CC5CCC(C4)N5C(=O)O)ncnc32)cc1. The van der Waals surface area contributed by atoms with Gasteiger partial charge in [-0.25, -0.2) is 31.5 Å². The van der Waals surface area contributed by atoms with Crippen LogP contribution in [0.4, 0.5) is 15.0 Å². The average molecular weight is 523 g/mol. The number of benzene rings is 1. The first-order valence-electron chi connectivity index (χ1n) is 11.8. The van der Waals surface area contributed by atoms with Gasteiger partial charge in [-0.15, -0.1) is 0 Å². The molecule has 2 unspecified atom stereocenters. The molecular formula is C25H23FN6O4S. The first kappa shape index (κ1) is 23.3. The molecule has 1 aromatic carbocycles. The highest BCUT2D eigenvalue weighted by Crippen LogP contribution is 2.38. The Morgan fingerprint density at radius 1 is 1.08 bits per heavy atom. The molecule has 2 aliphatic heterocycles. The summed E-state index contributed by atoms with van der Waals surface area (Å²) in [6.07, 6.45) is 4.28. The lowest BCUT2D eigenvalue weighted by Crippen LogP contribution is -2.55. The number of hydrogen-bond acceptors (Lipinski definition) is 7. The number of carbonyl (C=O) groups is 1. The standard InChI is InChI=1S/C25H23FN6O4S/c1-15-2-6-18(7-3-15)37(35,36)32-22(19-8-9-27-11-21(19)26)10-20-23(28-14-29-24(20)32)30-12-16-4-5-17(13-30)31(16)25(33)34/h2-3,6-11,14,16-17H,4-5,12-13H2,1H3,(H,33,34). The second-order valence-electron chi connectivity index (χ2n) is 9.38. The fourth-order valence-electron chi connectivity index (χ4n) is 5.45. The van der Waals surface area contributed by atoms with Crippen LogP contribution in [0.15, 0.2) is 60.0 Å². The summed E-state index contributed by atoms with van der Waals surface area (Å²) < 4.78 is 43.8. The Balaban J connectivity index is 1.55. The number of aromatic nitrogens is 4. The molecule has 10 nitrogen and oxygen atoms in total. The Morgan fingerprint density at radius 2 is 1.78 bits per heavy atom. The fraction of sp³-hybridized carbons (Fsp3) is 0.280. The number of carboxylic acid groups (broad SMARTS) is 1. The molecule has 6 rings (SSSR count). The van der Waals surface area contributed by atoms with Gasteiger partial charge in [0, 0.05) is 24.8 Å². The lowest BCUT2D eigenvalue weighted by Gasteiger charge is -2.40.